The molecule has 5 heteroatoms. The molecule has 0 bridgehead atoms. The minimum atomic E-state index is 0. The molecule has 1 aromatic heterocycles. The van der Waals surface area contributed by atoms with E-state index in [2.05, 4.69) is 38.4 Å². The number of fused-ring (bicyclic) bond motifs is 2. The zero-order valence-electron chi connectivity index (χ0n) is 12.6. The second kappa shape index (κ2) is 7.32. The Morgan fingerprint density at radius 3 is 2.65 bits per heavy atom. The van der Waals surface area contributed by atoms with E-state index in [9.17, 15) is 0 Å². The van der Waals surface area contributed by atoms with Crippen molar-refractivity contribution in [3.05, 3.63) is 36.2 Å². The van der Waals surface area contributed by atoms with Crippen LogP contribution in [0.5, 0.6) is 0 Å². The van der Waals surface area contributed by atoms with Gasteiger partial charge in [0.2, 0.25) is 0 Å². The SMILES string of the molecule is C.c1cnc2c(n1)Nc1cc(CN3CCCCCC3)ccc1S2. The van der Waals surface area contributed by atoms with Crippen molar-refractivity contribution in [2.24, 2.45) is 0 Å². The fourth-order valence-corrected chi connectivity index (χ4v) is 4.01. The number of benzene rings is 1. The van der Waals surface area contributed by atoms with Gasteiger partial charge in [0.15, 0.2) is 5.82 Å². The zero-order chi connectivity index (χ0) is 14.8. The number of hydrogen-bond acceptors (Lipinski definition) is 5. The highest BCUT2D eigenvalue weighted by Crippen LogP contribution is 2.42. The van der Waals surface area contributed by atoms with Crippen molar-refractivity contribution in [3.8, 4) is 0 Å². The molecule has 3 heterocycles. The molecule has 0 unspecified atom stereocenters. The van der Waals surface area contributed by atoms with E-state index in [1.807, 2.05) is 0 Å². The van der Waals surface area contributed by atoms with E-state index in [4.69, 9.17) is 0 Å². The second-order valence-corrected chi connectivity index (χ2v) is 6.99. The molecule has 2 aliphatic heterocycles. The predicted molar refractivity (Wildman–Crippen MR) is 96.4 cm³/mol. The highest BCUT2D eigenvalue weighted by molar-refractivity contribution is 7.99. The maximum atomic E-state index is 4.37. The summed E-state index contributed by atoms with van der Waals surface area (Å²) in [5.74, 6) is 0.868. The lowest BCUT2D eigenvalue weighted by Crippen LogP contribution is -2.24. The van der Waals surface area contributed by atoms with Crippen LogP contribution < -0.4 is 5.32 Å². The third kappa shape index (κ3) is 3.67. The van der Waals surface area contributed by atoms with E-state index in [0.717, 1.165) is 23.1 Å². The minimum absolute atomic E-state index is 0. The number of nitrogens with zero attached hydrogens (tertiary/aromatic N) is 3. The predicted octanol–water partition coefficient (Wildman–Crippen LogP) is 4.70. The zero-order valence-corrected chi connectivity index (χ0v) is 13.4. The van der Waals surface area contributed by atoms with Crippen molar-refractivity contribution in [3.63, 3.8) is 0 Å². The summed E-state index contributed by atoms with van der Waals surface area (Å²) in [4.78, 5) is 12.6. The van der Waals surface area contributed by atoms with Crippen LogP contribution in [-0.2, 0) is 6.54 Å². The highest BCUT2D eigenvalue weighted by atomic mass is 32.2. The van der Waals surface area contributed by atoms with Gasteiger partial charge in [-0.1, -0.05) is 38.1 Å². The van der Waals surface area contributed by atoms with Gasteiger partial charge in [0.25, 0.3) is 0 Å². The number of hydrogen-bond donors (Lipinski definition) is 1. The summed E-state index contributed by atoms with van der Waals surface area (Å²) in [5.41, 5.74) is 2.53. The maximum absolute atomic E-state index is 4.37. The van der Waals surface area contributed by atoms with Crippen molar-refractivity contribution in [2.75, 3.05) is 18.4 Å². The standard InChI is InChI=1S/C17H20N4S.CH4/c1-2-4-10-21(9-3-1)12-13-5-6-15-14(11-13)20-16-17(22-15)19-8-7-18-16;/h5-8,11H,1-4,9-10,12H2,(H,18,20);1H4. The van der Waals surface area contributed by atoms with Crippen LogP contribution in [0.1, 0.15) is 38.7 Å². The smallest absolute Gasteiger partial charge is 0.163 e. The largest absolute Gasteiger partial charge is 0.337 e. The summed E-state index contributed by atoms with van der Waals surface area (Å²) in [6, 6.07) is 6.72. The lowest BCUT2D eigenvalue weighted by Gasteiger charge is -2.22. The topological polar surface area (TPSA) is 41.1 Å². The first-order valence-corrected chi connectivity index (χ1v) is 8.81. The number of anilines is 2. The molecule has 0 atom stereocenters. The quantitative estimate of drug-likeness (QED) is 0.738. The van der Waals surface area contributed by atoms with Crippen LogP contribution in [0.15, 0.2) is 40.5 Å². The van der Waals surface area contributed by atoms with Crippen LogP contribution in [0.4, 0.5) is 11.5 Å². The summed E-state index contributed by atoms with van der Waals surface area (Å²) in [6.07, 6.45) is 8.91. The molecule has 122 valence electrons. The van der Waals surface area contributed by atoms with Gasteiger partial charge in [0.1, 0.15) is 5.03 Å². The van der Waals surface area contributed by atoms with Gasteiger partial charge in [-0.05, 0) is 43.6 Å². The van der Waals surface area contributed by atoms with Crippen LogP contribution in [-0.4, -0.2) is 28.0 Å². The fraction of sp³-hybridized carbons (Fsp3) is 0.444. The van der Waals surface area contributed by atoms with Gasteiger partial charge in [-0.25, -0.2) is 9.97 Å². The van der Waals surface area contributed by atoms with Crippen LogP contribution in [0.25, 0.3) is 0 Å². The molecule has 1 aromatic carbocycles. The molecule has 4 nitrogen and oxygen atoms in total. The van der Waals surface area contributed by atoms with Crippen molar-refractivity contribution >= 4 is 23.3 Å². The van der Waals surface area contributed by atoms with Gasteiger partial charge in [0.05, 0.1) is 5.69 Å². The Balaban J connectivity index is 0.00000156. The van der Waals surface area contributed by atoms with Gasteiger partial charge in [-0.2, -0.15) is 0 Å². The Morgan fingerprint density at radius 1 is 1.04 bits per heavy atom. The van der Waals surface area contributed by atoms with E-state index in [1.165, 1.54) is 49.2 Å². The van der Waals surface area contributed by atoms with E-state index >= 15 is 0 Å². The Hall–Kier alpha value is -1.59. The number of likely N-dealkylation sites (tertiary alicyclic amines) is 1. The van der Waals surface area contributed by atoms with Crippen LogP contribution in [0.2, 0.25) is 0 Å². The lowest BCUT2D eigenvalue weighted by atomic mass is 10.1. The average Bonchev–Trinajstić information content (AvgIpc) is 2.81. The lowest BCUT2D eigenvalue weighted by molar-refractivity contribution is 0.277. The maximum Gasteiger partial charge on any atom is 0.163 e. The first-order chi connectivity index (χ1) is 10.9. The van der Waals surface area contributed by atoms with Crippen LogP contribution in [0.3, 0.4) is 0 Å². The first kappa shape index (κ1) is 16.3. The van der Waals surface area contributed by atoms with Gasteiger partial charge >= 0.3 is 0 Å². The summed E-state index contributed by atoms with van der Waals surface area (Å²) in [7, 11) is 0. The third-order valence-corrected chi connectivity index (χ3v) is 5.34. The molecule has 0 spiro atoms. The molecular formula is C18H24N4S. The van der Waals surface area contributed by atoms with E-state index in [1.54, 1.807) is 24.2 Å². The molecule has 0 saturated carbocycles. The van der Waals surface area contributed by atoms with E-state index < -0.39 is 0 Å². The van der Waals surface area contributed by atoms with Gasteiger partial charge in [-0.15, -0.1) is 0 Å². The fourth-order valence-electron chi connectivity index (χ4n) is 3.13. The van der Waals surface area contributed by atoms with Crippen molar-refractivity contribution in [1.29, 1.82) is 0 Å². The molecule has 23 heavy (non-hydrogen) atoms. The molecular weight excluding hydrogens is 304 g/mol. The Kier molecular flexibility index (Phi) is 5.18. The van der Waals surface area contributed by atoms with Crippen LogP contribution >= 0.6 is 11.8 Å². The van der Waals surface area contributed by atoms with Gasteiger partial charge < -0.3 is 5.32 Å². The monoisotopic (exact) mass is 328 g/mol. The molecule has 4 rings (SSSR count). The van der Waals surface area contributed by atoms with Crippen molar-refractivity contribution in [1.82, 2.24) is 14.9 Å². The number of aromatic nitrogens is 2. The molecule has 1 fully saturated rings. The Bertz CT molecular complexity index is 666. The first-order valence-electron chi connectivity index (χ1n) is 8.00. The van der Waals surface area contributed by atoms with Gasteiger partial charge in [0, 0.05) is 23.8 Å². The van der Waals surface area contributed by atoms with Crippen molar-refractivity contribution < 1.29 is 0 Å². The van der Waals surface area contributed by atoms with E-state index in [-0.39, 0.29) is 7.43 Å². The molecule has 2 aromatic rings. The Labute approximate surface area is 142 Å². The summed E-state index contributed by atoms with van der Waals surface area (Å²) >= 11 is 1.69. The van der Waals surface area contributed by atoms with E-state index in [0.29, 0.717) is 0 Å². The average molecular weight is 328 g/mol. The second-order valence-electron chi connectivity index (χ2n) is 5.96. The molecule has 0 amide bonds. The molecule has 1 saturated heterocycles. The Morgan fingerprint density at radius 2 is 1.83 bits per heavy atom. The number of rotatable bonds is 2. The summed E-state index contributed by atoms with van der Waals surface area (Å²) in [6.45, 7) is 3.51. The third-order valence-electron chi connectivity index (χ3n) is 4.27. The molecule has 0 aliphatic carbocycles. The molecule has 1 N–H and O–H groups in total. The van der Waals surface area contributed by atoms with Crippen LogP contribution in [0, 0.1) is 0 Å². The highest BCUT2D eigenvalue weighted by Gasteiger charge is 2.18. The number of nitrogens with one attached hydrogen (secondary N) is 1. The summed E-state index contributed by atoms with van der Waals surface area (Å²) < 4.78 is 0. The summed E-state index contributed by atoms with van der Waals surface area (Å²) in [5, 5.41) is 4.37. The van der Waals surface area contributed by atoms with Gasteiger partial charge in [-0.3, -0.25) is 4.90 Å². The molecule has 2 aliphatic rings. The minimum Gasteiger partial charge on any atom is -0.337 e. The molecule has 0 radical (unpaired) electrons. The normalized spacial score (nSPS) is 17.2. The van der Waals surface area contributed by atoms with Crippen molar-refractivity contribution in [2.45, 2.75) is 49.6 Å².